The topological polar surface area (TPSA) is 94.8 Å². The van der Waals surface area contributed by atoms with Gasteiger partial charge in [0.05, 0.1) is 0 Å². The number of hydrogen-bond donors (Lipinski definition) is 3. The second kappa shape index (κ2) is 8.48. The molecule has 2 rings (SSSR count). The van der Waals surface area contributed by atoms with Crippen LogP contribution in [0.5, 0.6) is 11.5 Å². The Hall–Kier alpha value is -1.79. The van der Waals surface area contributed by atoms with Gasteiger partial charge in [-0.25, -0.2) is 0 Å². The van der Waals surface area contributed by atoms with E-state index in [0.29, 0.717) is 12.8 Å². The van der Waals surface area contributed by atoms with Crippen LogP contribution >= 0.6 is 0 Å². The van der Waals surface area contributed by atoms with E-state index in [2.05, 4.69) is 6.58 Å². The van der Waals surface area contributed by atoms with E-state index in [4.69, 9.17) is 0 Å². The lowest BCUT2D eigenvalue weighted by molar-refractivity contribution is 0.393. The Labute approximate surface area is 162 Å². The van der Waals surface area contributed by atoms with Crippen molar-refractivity contribution in [2.75, 3.05) is 0 Å². The summed E-state index contributed by atoms with van der Waals surface area (Å²) in [6.07, 6.45) is 6.53. The molecule has 0 saturated heterocycles. The summed E-state index contributed by atoms with van der Waals surface area (Å²) in [5.74, 6) is -1.10. The summed E-state index contributed by atoms with van der Waals surface area (Å²) in [7, 11) is -4.63. The Balaban J connectivity index is 2.67. The highest BCUT2D eigenvalue weighted by Gasteiger charge is 2.34. The maximum atomic E-state index is 12.0. The molecule has 0 heterocycles. The van der Waals surface area contributed by atoms with Crippen LogP contribution in [0, 0.1) is 5.92 Å². The fraction of sp³-hybridized carbons (Fsp3) is 0.524. The van der Waals surface area contributed by atoms with Gasteiger partial charge >= 0.3 is 0 Å². The highest BCUT2D eigenvalue weighted by molar-refractivity contribution is 7.86. The van der Waals surface area contributed by atoms with Crippen LogP contribution in [0.25, 0.3) is 0 Å². The quantitative estimate of drug-likeness (QED) is 0.340. The van der Waals surface area contributed by atoms with Gasteiger partial charge < -0.3 is 10.2 Å². The number of benzene rings is 1. The molecule has 27 heavy (non-hydrogen) atoms. The first-order valence-electron chi connectivity index (χ1n) is 9.45. The summed E-state index contributed by atoms with van der Waals surface area (Å²) in [5.41, 5.74) is 2.40. The van der Waals surface area contributed by atoms with Crippen molar-refractivity contribution in [2.45, 2.75) is 70.1 Å². The molecule has 150 valence electrons. The predicted molar refractivity (Wildman–Crippen MR) is 107 cm³/mol. The Bertz CT molecular complexity index is 852. The number of allylic oxidation sites excluding steroid dienone is 3. The molecule has 6 heteroatoms. The van der Waals surface area contributed by atoms with Crippen molar-refractivity contribution >= 4 is 10.1 Å². The number of aryl methyl sites for hydroxylation is 1. The average Bonchev–Trinajstić information content (AvgIpc) is 2.53. The van der Waals surface area contributed by atoms with Crippen molar-refractivity contribution in [2.24, 2.45) is 5.92 Å². The van der Waals surface area contributed by atoms with E-state index < -0.39 is 20.8 Å². The SMILES string of the molecule is C=C(C)C1CCC(C)=CC1c1c(O)cc(CCCCC)c(S(=O)(=O)O)c1O. The average molecular weight is 395 g/mol. The highest BCUT2D eigenvalue weighted by atomic mass is 32.2. The van der Waals surface area contributed by atoms with Crippen LogP contribution in [0.1, 0.15) is 69.9 Å². The molecule has 3 N–H and O–H groups in total. The van der Waals surface area contributed by atoms with E-state index in [-0.39, 0.29) is 28.7 Å². The van der Waals surface area contributed by atoms with Crippen LogP contribution in [-0.4, -0.2) is 23.2 Å². The number of unbranched alkanes of at least 4 members (excludes halogenated alkanes) is 2. The molecule has 2 atom stereocenters. The van der Waals surface area contributed by atoms with E-state index in [1.165, 1.54) is 6.07 Å². The third kappa shape index (κ3) is 4.74. The Morgan fingerprint density at radius 2 is 1.96 bits per heavy atom. The lowest BCUT2D eigenvalue weighted by Crippen LogP contribution is -2.18. The zero-order valence-corrected chi connectivity index (χ0v) is 17.1. The number of hydrogen-bond acceptors (Lipinski definition) is 4. The molecule has 0 fully saturated rings. The van der Waals surface area contributed by atoms with Crippen LogP contribution in [0.4, 0.5) is 0 Å². The lowest BCUT2D eigenvalue weighted by atomic mass is 9.73. The smallest absolute Gasteiger partial charge is 0.298 e. The van der Waals surface area contributed by atoms with Gasteiger partial charge in [-0.05, 0) is 57.1 Å². The van der Waals surface area contributed by atoms with E-state index in [9.17, 15) is 23.2 Å². The Morgan fingerprint density at radius 1 is 1.30 bits per heavy atom. The summed E-state index contributed by atoms with van der Waals surface area (Å²) in [5, 5.41) is 21.5. The first kappa shape index (κ1) is 21.5. The molecule has 2 unspecified atom stereocenters. The minimum atomic E-state index is -4.63. The molecule has 0 spiro atoms. The van der Waals surface area contributed by atoms with Crippen molar-refractivity contribution < 1.29 is 23.2 Å². The third-order valence-corrected chi connectivity index (χ3v) is 6.34. The molecule has 0 radical (unpaired) electrons. The van der Waals surface area contributed by atoms with Crippen LogP contribution < -0.4 is 0 Å². The second-order valence-corrected chi connectivity index (χ2v) is 8.97. The predicted octanol–water partition coefficient (Wildman–Crippen LogP) is 5.09. The number of rotatable bonds is 7. The molecule has 1 aromatic carbocycles. The largest absolute Gasteiger partial charge is 0.507 e. The lowest BCUT2D eigenvalue weighted by Gasteiger charge is -2.32. The second-order valence-electron chi connectivity index (χ2n) is 7.61. The molecule has 1 aliphatic carbocycles. The highest BCUT2D eigenvalue weighted by Crippen LogP contribution is 2.49. The molecule has 0 aliphatic heterocycles. The van der Waals surface area contributed by atoms with Crippen LogP contribution in [0.3, 0.4) is 0 Å². The normalized spacial score (nSPS) is 20.4. The van der Waals surface area contributed by atoms with Crippen LogP contribution in [0.15, 0.2) is 34.8 Å². The zero-order chi connectivity index (χ0) is 20.4. The standard InChI is InChI=1S/C21H30O5S/c1-5-6-7-8-15-12-18(22)19(20(23)21(15)27(24,25)26)17-11-14(4)9-10-16(17)13(2)3/h11-12,16-17,22-23H,2,5-10H2,1,3-4H3,(H,24,25,26). The molecule has 5 nitrogen and oxygen atoms in total. The molecule has 1 aliphatic rings. The molecular weight excluding hydrogens is 364 g/mol. The van der Waals surface area contributed by atoms with Gasteiger partial charge in [-0.2, -0.15) is 8.42 Å². The van der Waals surface area contributed by atoms with Crippen LogP contribution in [0.2, 0.25) is 0 Å². The van der Waals surface area contributed by atoms with E-state index in [0.717, 1.165) is 36.8 Å². The van der Waals surface area contributed by atoms with E-state index in [1.54, 1.807) is 0 Å². The van der Waals surface area contributed by atoms with Crippen molar-refractivity contribution in [1.29, 1.82) is 0 Å². The van der Waals surface area contributed by atoms with Gasteiger partial charge in [0.2, 0.25) is 0 Å². The minimum absolute atomic E-state index is 0.0225. The van der Waals surface area contributed by atoms with E-state index in [1.807, 2.05) is 26.8 Å². The van der Waals surface area contributed by atoms with Gasteiger partial charge in [0.15, 0.2) is 0 Å². The van der Waals surface area contributed by atoms with Crippen molar-refractivity contribution in [1.82, 2.24) is 0 Å². The summed E-state index contributed by atoms with van der Waals surface area (Å²) < 4.78 is 33.8. The number of phenolic OH excluding ortho intramolecular Hbond substituents is 2. The zero-order valence-electron chi connectivity index (χ0n) is 16.3. The third-order valence-electron chi connectivity index (χ3n) is 5.37. The van der Waals surface area contributed by atoms with Gasteiger partial charge in [0.25, 0.3) is 10.1 Å². The first-order valence-corrected chi connectivity index (χ1v) is 10.9. The van der Waals surface area contributed by atoms with Gasteiger partial charge in [0, 0.05) is 11.5 Å². The van der Waals surface area contributed by atoms with Crippen molar-refractivity contribution in [3.63, 3.8) is 0 Å². The molecule has 0 aromatic heterocycles. The maximum Gasteiger partial charge on any atom is 0.298 e. The molecule has 0 saturated carbocycles. The Morgan fingerprint density at radius 3 is 2.52 bits per heavy atom. The van der Waals surface area contributed by atoms with Gasteiger partial charge in [-0.15, -0.1) is 0 Å². The molecule has 0 bridgehead atoms. The monoisotopic (exact) mass is 394 g/mol. The summed E-state index contributed by atoms with van der Waals surface area (Å²) in [4.78, 5) is -0.483. The fourth-order valence-corrected chi connectivity index (χ4v) is 4.82. The van der Waals surface area contributed by atoms with Crippen LogP contribution in [-0.2, 0) is 16.5 Å². The molecular formula is C21H30O5S. The van der Waals surface area contributed by atoms with Gasteiger partial charge in [-0.1, -0.05) is 43.6 Å². The minimum Gasteiger partial charge on any atom is -0.507 e. The summed E-state index contributed by atoms with van der Waals surface area (Å²) >= 11 is 0. The Kier molecular flexibility index (Phi) is 6.76. The summed E-state index contributed by atoms with van der Waals surface area (Å²) in [6.45, 7) is 9.91. The van der Waals surface area contributed by atoms with E-state index >= 15 is 0 Å². The summed E-state index contributed by atoms with van der Waals surface area (Å²) in [6, 6.07) is 1.38. The molecule has 1 aromatic rings. The number of phenols is 2. The van der Waals surface area contributed by atoms with Gasteiger partial charge in [0.1, 0.15) is 16.4 Å². The first-order chi connectivity index (χ1) is 12.6. The fourth-order valence-electron chi connectivity index (χ4n) is 3.98. The maximum absolute atomic E-state index is 12.0. The number of aromatic hydroxyl groups is 2. The van der Waals surface area contributed by atoms with Crippen molar-refractivity contribution in [3.8, 4) is 11.5 Å². The van der Waals surface area contributed by atoms with Crippen molar-refractivity contribution in [3.05, 3.63) is 41.0 Å². The molecule has 0 amide bonds. The van der Waals surface area contributed by atoms with Gasteiger partial charge in [-0.3, -0.25) is 4.55 Å².